The Labute approximate surface area is 176 Å². The van der Waals surface area contributed by atoms with Crippen molar-refractivity contribution in [2.24, 2.45) is 7.05 Å². The molecule has 0 aliphatic carbocycles. The molecule has 0 saturated carbocycles. The van der Waals surface area contributed by atoms with Gasteiger partial charge in [0.15, 0.2) is 0 Å². The van der Waals surface area contributed by atoms with Gasteiger partial charge in [0, 0.05) is 46.3 Å². The average molecular weight is 417 g/mol. The number of hydrogen-bond donors (Lipinski definition) is 1. The number of aromatic nitrogens is 3. The van der Waals surface area contributed by atoms with Crippen LogP contribution in [-0.4, -0.2) is 65.6 Å². The van der Waals surface area contributed by atoms with Gasteiger partial charge in [0.05, 0.1) is 12.8 Å². The number of benzene rings is 1. The molecule has 0 amide bonds. The largest absolute Gasteiger partial charge is 0.495 e. The fourth-order valence-electron chi connectivity index (χ4n) is 3.79. The number of hydrogen-bond acceptors (Lipinski definition) is 7. The molecule has 0 radical (unpaired) electrons. The summed E-state index contributed by atoms with van der Waals surface area (Å²) >= 11 is 0. The molecule has 164 valence electrons. The Kier molecular flexibility index (Phi) is 7.51. The van der Waals surface area contributed by atoms with Gasteiger partial charge in [-0.2, -0.15) is 0 Å². The van der Waals surface area contributed by atoms with Gasteiger partial charge in [0.1, 0.15) is 5.75 Å². The number of methoxy groups -OCH3 is 1. The lowest BCUT2D eigenvalue weighted by molar-refractivity contribution is 0.253. The Morgan fingerprint density at radius 3 is 2.53 bits per heavy atom. The number of nitrogens with one attached hydrogen (secondary N) is 1. The third-order valence-corrected chi connectivity index (χ3v) is 5.51. The molecule has 1 saturated heterocycles. The summed E-state index contributed by atoms with van der Waals surface area (Å²) in [5.41, 5.74) is 0.416. The predicted molar refractivity (Wildman–Crippen MR) is 119 cm³/mol. The Hall–Kier alpha value is -2.81. The highest BCUT2D eigenvalue weighted by molar-refractivity contribution is 5.58. The Balaban J connectivity index is 1.41. The number of nitrogens with zero attached hydrogens (tertiary/aromatic N) is 5. The molecule has 1 fully saturated rings. The maximum atomic E-state index is 12.3. The van der Waals surface area contributed by atoms with Gasteiger partial charge >= 0.3 is 5.69 Å². The van der Waals surface area contributed by atoms with E-state index in [9.17, 15) is 9.59 Å². The molecule has 0 unspecified atom stereocenters. The Morgan fingerprint density at radius 2 is 1.83 bits per heavy atom. The maximum Gasteiger partial charge on any atom is 0.347 e. The second-order valence-electron chi connectivity index (χ2n) is 7.44. The van der Waals surface area contributed by atoms with Crippen molar-refractivity contribution in [2.75, 3.05) is 56.6 Å². The van der Waals surface area contributed by atoms with Crippen LogP contribution in [0.15, 0.2) is 33.9 Å². The average Bonchev–Trinajstić information content (AvgIpc) is 2.77. The summed E-state index contributed by atoms with van der Waals surface area (Å²) in [5, 5.41) is 7.14. The van der Waals surface area contributed by atoms with E-state index in [4.69, 9.17) is 4.74 Å². The van der Waals surface area contributed by atoms with Gasteiger partial charge in [-0.15, -0.1) is 5.10 Å². The number of aryl methyl sites for hydroxylation is 1. The molecule has 3 rings (SSSR count). The molecule has 1 aromatic heterocycles. The molecule has 9 heteroatoms. The van der Waals surface area contributed by atoms with Gasteiger partial charge < -0.3 is 15.0 Å². The molecule has 0 bridgehead atoms. The van der Waals surface area contributed by atoms with E-state index in [2.05, 4.69) is 26.3 Å². The molecule has 1 aliphatic rings. The van der Waals surface area contributed by atoms with Gasteiger partial charge in [-0.3, -0.25) is 14.3 Å². The van der Waals surface area contributed by atoms with Crippen molar-refractivity contribution in [3.8, 4) is 5.75 Å². The molecule has 1 aliphatic heterocycles. The summed E-state index contributed by atoms with van der Waals surface area (Å²) in [5.74, 6) is 1.16. The highest BCUT2D eigenvalue weighted by Gasteiger charge is 2.19. The lowest BCUT2D eigenvalue weighted by atomic mass is 10.2. The van der Waals surface area contributed by atoms with E-state index in [0.717, 1.165) is 57.0 Å². The number of anilines is 2. The topological polar surface area (TPSA) is 84.6 Å². The van der Waals surface area contributed by atoms with Crippen LogP contribution in [0.1, 0.15) is 19.8 Å². The zero-order chi connectivity index (χ0) is 21.5. The standard InChI is InChI=1S/C21H32N6O3/c1-4-27-20(28)19(23-24(2)21(27)29)22-11-7-8-12-25-13-15-26(16-14-25)17-9-5-6-10-18(17)30-3/h5-6,9-10H,4,7-8,11-16H2,1-3H3,(H,22,23). The van der Waals surface area contributed by atoms with Crippen LogP contribution < -0.4 is 26.2 Å². The molecule has 1 N–H and O–H groups in total. The van der Waals surface area contributed by atoms with E-state index >= 15 is 0 Å². The highest BCUT2D eigenvalue weighted by atomic mass is 16.5. The Bertz CT molecular complexity index is 946. The first kappa shape index (κ1) is 21.9. The van der Waals surface area contributed by atoms with E-state index in [0.29, 0.717) is 13.1 Å². The second kappa shape index (κ2) is 10.3. The van der Waals surface area contributed by atoms with Crippen LogP contribution >= 0.6 is 0 Å². The monoisotopic (exact) mass is 416 g/mol. The van der Waals surface area contributed by atoms with Gasteiger partial charge in [0.2, 0.25) is 5.82 Å². The van der Waals surface area contributed by atoms with Crippen molar-refractivity contribution in [2.45, 2.75) is 26.3 Å². The van der Waals surface area contributed by atoms with Crippen LogP contribution in [0.5, 0.6) is 5.75 Å². The SMILES string of the molecule is CCn1c(=O)c(NCCCCN2CCN(c3ccccc3OC)CC2)nn(C)c1=O. The molecular weight excluding hydrogens is 384 g/mol. The summed E-state index contributed by atoms with van der Waals surface area (Å²) in [6.07, 6.45) is 1.97. The summed E-state index contributed by atoms with van der Waals surface area (Å²) < 4.78 is 7.87. The van der Waals surface area contributed by atoms with Gasteiger partial charge in [0.25, 0.3) is 5.56 Å². The summed E-state index contributed by atoms with van der Waals surface area (Å²) in [6.45, 7) is 7.81. The molecule has 2 aromatic rings. The van der Waals surface area contributed by atoms with Crippen molar-refractivity contribution in [3.05, 3.63) is 45.1 Å². The zero-order valence-corrected chi connectivity index (χ0v) is 18.1. The van der Waals surface area contributed by atoms with Crippen LogP contribution in [0.3, 0.4) is 0 Å². The van der Waals surface area contributed by atoms with Crippen molar-refractivity contribution in [1.29, 1.82) is 0 Å². The number of ether oxygens (including phenoxy) is 1. The third kappa shape index (κ3) is 5.02. The first-order chi connectivity index (χ1) is 14.5. The normalized spacial score (nSPS) is 14.7. The minimum Gasteiger partial charge on any atom is -0.495 e. The van der Waals surface area contributed by atoms with Crippen molar-refractivity contribution < 1.29 is 4.74 Å². The van der Waals surface area contributed by atoms with Gasteiger partial charge in [-0.25, -0.2) is 9.48 Å². The van der Waals surface area contributed by atoms with Crippen LogP contribution in [0.2, 0.25) is 0 Å². The lowest BCUT2D eigenvalue weighted by Gasteiger charge is -2.36. The number of rotatable bonds is 9. The van der Waals surface area contributed by atoms with E-state index < -0.39 is 0 Å². The maximum absolute atomic E-state index is 12.3. The third-order valence-electron chi connectivity index (χ3n) is 5.51. The Morgan fingerprint density at radius 1 is 1.10 bits per heavy atom. The predicted octanol–water partition coefficient (Wildman–Crippen LogP) is 0.985. The quantitative estimate of drug-likeness (QED) is 0.610. The fourth-order valence-corrected chi connectivity index (χ4v) is 3.79. The molecular formula is C21H32N6O3. The highest BCUT2D eigenvalue weighted by Crippen LogP contribution is 2.28. The molecule has 30 heavy (non-hydrogen) atoms. The fraction of sp³-hybridized carbons (Fsp3) is 0.571. The van der Waals surface area contributed by atoms with Gasteiger partial charge in [-0.05, 0) is 38.4 Å². The van der Waals surface area contributed by atoms with Crippen molar-refractivity contribution >= 4 is 11.5 Å². The van der Waals surface area contributed by atoms with Crippen LogP contribution in [0.25, 0.3) is 0 Å². The van der Waals surface area contributed by atoms with E-state index in [-0.39, 0.29) is 17.1 Å². The van der Waals surface area contributed by atoms with Crippen LogP contribution in [-0.2, 0) is 13.6 Å². The first-order valence-electron chi connectivity index (χ1n) is 10.6. The lowest BCUT2D eigenvalue weighted by Crippen LogP contribution is -2.46. The van der Waals surface area contributed by atoms with E-state index in [1.165, 1.54) is 9.25 Å². The second-order valence-corrected chi connectivity index (χ2v) is 7.44. The van der Waals surface area contributed by atoms with Crippen LogP contribution in [0, 0.1) is 0 Å². The molecule has 2 heterocycles. The summed E-state index contributed by atoms with van der Waals surface area (Å²) in [7, 11) is 3.27. The molecule has 0 atom stereocenters. The van der Waals surface area contributed by atoms with Crippen LogP contribution in [0.4, 0.5) is 11.5 Å². The summed E-state index contributed by atoms with van der Waals surface area (Å²) in [6, 6.07) is 8.16. The number of para-hydroxylation sites is 2. The van der Waals surface area contributed by atoms with Gasteiger partial charge in [-0.1, -0.05) is 12.1 Å². The molecule has 1 aromatic carbocycles. The zero-order valence-electron chi connectivity index (χ0n) is 18.1. The molecule has 9 nitrogen and oxygen atoms in total. The smallest absolute Gasteiger partial charge is 0.347 e. The first-order valence-corrected chi connectivity index (χ1v) is 10.6. The number of piperazine rings is 1. The minimum absolute atomic E-state index is 0.240. The minimum atomic E-state index is -0.389. The van der Waals surface area contributed by atoms with E-state index in [1.807, 2.05) is 18.2 Å². The summed E-state index contributed by atoms with van der Waals surface area (Å²) in [4.78, 5) is 29.0. The van der Waals surface area contributed by atoms with Crippen molar-refractivity contribution in [1.82, 2.24) is 19.2 Å². The molecule has 0 spiro atoms. The van der Waals surface area contributed by atoms with E-state index in [1.54, 1.807) is 21.1 Å². The van der Waals surface area contributed by atoms with Crippen molar-refractivity contribution in [3.63, 3.8) is 0 Å². The number of unbranched alkanes of at least 4 members (excludes halogenated alkanes) is 1.